The number of hydrogen-bond acceptors (Lipinski definition) is 3. The van der Waals surface area contributed by atoms with Gasteiger partial charge in [-0.05, 0) is 49.9 Å². The van der Waals surface area contributed by atoms with E-state index in [4.69, 9.17) is 9.47 Å². The Labute approximate surface area is 120 Å². The van der Waals surface area contributed by atoms with Crippen molar-refractivity contribution in [2.24, 2.45) is 5.92 Å². The molecule has 2 unspecified atom stereocenters. The van der Waals surface area contributed by atoms with E-state index in [-0.39, 0.29) is 23.7 Å². The van der Waals surface area contributed by atoms with Gasteiger partial charge in [-0.3, -0.25) is 0 Å². The van der Waals surface area contributed by atoms with Gasteiger partial charge in [0.05, 0.1) is 19.3 Å². The first-order valence-corrected chi connectivity index (χ1v) is 7.39. The molecule has 20 heavy (non-hydrogen) atoms. The van der Waals surface area contributed by atoms with Gasteiger partial charge in [0.1, 0.15) is 0 Å². The Kier molecular flexibility index (Phi) is 5.38. The third-order valence-electron chi connectivity index (χ3n) is 3.73. The zero-order chi connectivity index (χ0) is 14.5. The van der Waals surface area contributed by atoms with Crippen LogP contribution in [0, 0.1) is 11.7 Å². The molecule has 0 heterocycles. The SMILES string of the molecule is CCNC(c1ccc(OC)c(F)c1)C(OCC)C1CC1. The number of benzene rings is 1. The Morgan fingerprint density at radius 1 is 1.35 bits per heavy atom. The highest BCUT2D eigenvalue weighted by Gasteiger charge is 2.37. The lowest BCUT2D eigenvalue weighted by atomic mass is 9.97. The van der Waals surface area contributed by atoms with Crippen LogP contribution in [0.4, 0.5) is 4.39 Å². The maximum atomic E-state index is 13.9. The van der Waals surface area contributed by atoms with Crippen molar-refractivity contribution >= 4 is 0 Å². The van der Waals surface area contributed by atoms with E-state index in [1.807, 2.05) is 13.0 Å². The first-order valence-electron chi connectivity index (χ1n) is 7.39. The van der Waals surface area contributed by atoms with Gasteiger partial charge >= 0.3 is 0 Å². The van der Waals surface area contributed by atoms with Crippen LogP contribution >= 0.6 is 0 Å². The van der Waals surface area contributed by atoms with Crippen molar-refractivity contribution in [2.75, 3.05) is 20.3 Å². The van der Waals surface area contributed by atoms with Gasteiger partial charge in [0.2, 0.25) is 0 Å². The van der Waals surface area contributed by atoms with Crippen molar-refractivity contribution in [3.05, 3.63) is 29.6 Å². The zero-order valence-electron chi connectivity index (χ0n) is 12.5. The largest absolute Gasteiger partial charge is 0.494 e. The first kappa shape index (κ1) is 15.3. The minimum absolute atomic E-state index is 0.0351. The van der Waals surface area contributed by atoms with Crippen molar-refractivity contribution in [2.45, 2.75) is 38.8 Å². The van der Waals surface area contributed by atoms with Gasteiger partial charge in [-0.15, -0.1) is 0 Å². The Morgan fingerprint density at radius 3 is 2.60 bits per heavy atom. The summed E-state index contributed by atoms with van der Waals surface area (Å²) >= 11 is 0. The van der Waals surface area contributed by atoms with Gasteiger partial charge in [0.15, 0.2) is 11.6 Å². The third-order valence-corrected chi connectivity index (χ3v) is 3.73. The molecule has 0 saturated heterocycles. The van der Waals surface area contributed by atoms with Crippen LogP contribution in [-0.2, 0) is 4.74 Å². The van der Waals surface area contributed by atoms with E-state index in [0.717, 1.165) is 12.1 Å². The highest BCUT2D eigenvalue weighted by atomic mass is 19.1. The van der Waals surface area contributed by atoms with Crippen LogP contribution in [0.3, 0.4) is 0 Å². The van der Waals surface area contributed by atoms with Crippen molar-refractivity contribution in [3.8, 4) is 5.75 Å². The normalized spacial score (nSPS) is 17.8. The monoisotopic (exact) mass is 281 g/mol. The lowest BCUT2D eigenvalue weighted by molar-refractivity contribution is 0.0189. The van der Waals surface area contributed by atoms with E-state index >= 15 is 0 Å². The molecule has 1 saturated carbocycles. The van der Waals surface area contributed by atoms with Gasteiger partial charge in [0, 0.05) is 6.61 Å². The number of ether oxygens (including phenoxy) is 2. The molecule has 0 radical (unpaired) electrons. The molecule has 0 spiro atoms. The number of nitrogens with one attached hydrogen (secondary N) is 1. The fourth-order valence-electron chi connectivity index (χ4n) is 2.64. The predicted molar refractivity (Wildman–Crippen MR) is 77.5 cm³/mol. The summed E-state index contributed by atoms with van der Waals surface area (Å²) in [6.45, 7) is 5.58. The van der Waals surface area contributed by atoms with E-state index in [1.54, 1.807) is 12.1 Å². The Bertz CT molecular complexity index is 434. The maximum Gasteiger partial charge on any atom is 0.165 e. The summed E-state index contributed by atoms with van der Waals surface area (Å²) in [7, 11) is 1.48. The van der Waals surface area contributed by atoms with Crippen LogP contribution < -0.4 is 10.1 Å². The average Bonchev–Trinajstić information content (AvgIpc) is 3.27. The van der Waals surface area contributed by atoms with Crippen LogP contribution in [0.15, 0.2) is 18.2 Å². The summed E-state index contributed by atoms with van der Waals surface area (Å²) in [6.07, 6.45) is 2.52. The molecule has 1 fully saturated rings. The number of halogens is 1. The van der Waals surface area contributed by atoms with Crippen molar-refractivity contribution in [1.82, 2.24) is 5.32 Å². The Morgan fingerprint density at radius 2 is 2.10 bits per heavy atom. The average molecular weight is 281 g/mol. The van der Waals surface area contributed by atoms with Crippen LogP contribution in [0.5, 0.6) is 5.75 Å². The van der Waals surface area contributed by atoms with Crippen molar-refractivity contribution < 1.29 is 13.9 Å². The smallest absolute Gasteiger partial charge is 0.165 e. The highest BCUT2D eigenvalue weighted by molar-refractivity contribution is 5.32. The third kappa shape index (κ3) is 3.49. The fraction of sp³-hybridized carbons (Fsp3) is 0.625. The molecular weight excluding hydrogens is 257 g/mol. The first-order chi connectivity index (χ1) is 9.71. The number of likely N-dealkylation sites (N-methyl/N-ethyl adjacent to an activating group) is 1. The molecule has 0 aromatic heterocycles. The Balaban J connectivity index is 2.24. The molecule has 1 aliphatic carbocycles. The van der Waals surface area contributed by atoms with Crippen molar-refractivity contribution in [3.63, 3.8) is 0 Å². The second-order valence-corrected chi connectivity index (χ2v) is 5.19. The number of rotatable bonds is 8. The van der Waals surface area contributed by atoms with Gasteiger partial charge in [-0.2, -0.15) is 0 Å². The van der Waals surface area contributed by atoms with Gasteiger partial charge in [0.25, 0.3) is 0 Å². The summed E-state index contributed by atoms with van der Waals surface area (Å²) in [4.78, 5) is 0. The molecule has 1 aliphatic rings. The summed E-state index contributed by atoms with van der Waals surface area (Å²) in [5.74, 6) is 0.548. The molecule has 0 bridgehead atoms. The molecule has 1 aromatic rings. The summed E-state index contributed by atoms with van der Waals surface area (Å²) in [5.41, 5.74) is 0.926. The van der Waals surface area contributed by atoms with E-state index < -0.39 is 0 Å². The molecule has 2 rings (SSSR count). The van der Waals surface area contributed by atoms with Crippen molar-refractivity contribution in [1.29, 1.82) is 0 Å². The number of hydrogen-bond donors (Lipinski definition) is 1. The molecule has 2 atom stereocenters. The molecule has 4 heteroatoms. The van der Waals surface area contributed by atoms with Crippen LogP contribution in [0.1, 0.15) is 38.3 Å². The molecule has 1 N–H and O–H groups in total. The quantitative estimate of drug-likeness (QED) is 0.793. The van der Waals surface area contributed by atoms with Gasteiger partial charge in [-0.25, -0.2) is 4.39 Å². The molecule has 0 amide bonds. The fourth-order valence-corrected chi connectivity index (χ4v) is 2.64. The molecule has 1 aromatic carbocycles. The maximum absolute atomic E-state index is 13.9. The molecule has 0 aliphatic heterocycles. The molecule has 112 valence electrons. The zero-order valence-corrected chi connectivity index (χ0v) is 12.5. The van der Waals surface area contributed by atoms with Crippen LogP contribution in [0.25, 0.3) is 0 Å². The molecule has 3 nitrogen and oxygen atoms in total. The van der Waals surface area contributed by atoms with Crippen LogP contribution in [0.2, 0.25) is 0 Å². The van der Waals surface area contributed by atoms with Gasteiger partial charge in [-0.1, -0.05) is 13.0 Å². The summed E-state index contributed by atoms with van der Waals surface area (Å²) in [5, 5.41) is 3.44. The predicted octanol–water partition coefficient (Wildman–Crippen LogP) is 3.30. The van der Waals surface area contributed by atoms with Crippen LogP contribution in [-0.4, -0.2) is 26.4 Å². The topological polar surface area (TPSA) is 30.5 Å². The summed E-state index contributed by atoms with van der Waals surface area (Å²) in [6, 6.07) is 5.20. The minimum atomic E-state index is -0.320. The van der Waals surface area contributed by atoms with E-state index in [9.17, 15) is 4.39 Å². The number of methoxy groups -OCH3 is 1. The summed E-state index contributed by atoms with van der Waals surface area (Å²) < 4.78 is 24.8. The van der Waals surface area contributed by atoms with E-state index in [2.05, 4.69) is 12.2 Å². The molecular formula is C16H24FNO2. The lowest BCUT2D eigenvalue weighted by Crippen LogP contribution is -2.35. The van der Waals surface area contributed by atoms with Gasteiger partial charge < -0.3 is 14.8 Å². The highest BCUT2D eigenvalue weighted by Crippen LogP contribution is 2.40. The lowest BCUT2D eigenvalue weighted by Gasteiger charge is -2.28. The second-order valence-electron chi connectivity index (χ2n) is 5.19. The minimum Gasteiger partial charge on any atom is -0.494 e. The standard InChI is InChI=1S/C16H24FNO2/c1-4-18-15(16(20-5-2)11-6-7-11)12-8-9-14(19-3)13(17)10-12/h8-11,15-16,18H,4-7H2,1-3H3. The second kappa shape index (κ2) is 7.04. The van der Waals surface area contributed by atoms with E-state index in [1.165, 1.54) is 20.0 Å². The van der Waals surface area contributed by atoms with E-state index in [0.29, 0.717) is 12.5 Å². The Hall–Kier alpha value is -1.13.